The lowest BCUT2D eigenvalue weighted by Crippen LogP contribution is -2.37. The Morgan fingerprint density at radius 3 is 2.76 bits per heavy atom. The number of carbonyl (C=O) groups is 1. The summed E-state index contributed by atoms with van der Waals surface area (Å²) in [4.78, 5) is 15.3. The number of fused-ring (bicyclic) bond motifs is 1. The van der Waals surface area contributed by atoms with E-state index in [0.717, 1.165) is 30.4 Å². The van der Waals surface area contributed by atoms with Crippen LogP contribution in [-0.4, -0.2) is 33.8 Å². The summed E-state index contributed by atoms with van der Waals surface area (Å²) in [5.41, 5.74) is 3.13. The van der Waals surface area contributed by atoms with Gasteiger partial charge >= 0.3 is 5.97 Å². The molecule has 2 atom stereocenters. The van der Waals surface area contributed by atoms with Gasteiger partial charge in [0, 0.05) is 23.7 Å². The minimum atomic E-state index is -1.14. The van der Waals surface area contributed by atoms with Gasteiger partial charge in [0.05, 0.1) is 22.9 Å². The van der Waals surface area contributed by atoms with Gasteiger partial charge in [-0.05, 0) is 60.2 Å². The van der Waals surface area contributed by atoms with Crippen molar-refractivity contribution in [2.75, 3.05) is 6.54 Å². The molecule has 0 bridgehead atoms. The van der Waals surface area contributed by atoms with E-state index in [9.17, 15) is 15.0 Å². The number of carboxylic acids is 1. The first-order chi connectivity index (χ1) is 15.4. The van der Waals surface area contributed by atoms with Crippen molar-refractivity contribution in [2.45, 2.75) is 31.4 Å². The van der Waals surface area contributed by atoms with Crippen LogP contribution in [0.4, 0.5) is 0 Å². The molecule has 1 aliphatic rings. The van der Waals surface area contributed by atoms with Crippen molar-refractivity contribution in [3.05, 3.63) is 87.0 Å². The Hall–Kier alpha value is -2.35. The smallest absolute Gasteiger partial charge is 0.337 e. The topological polar surface area (TPSA) is 91.7 Å². The Kier molecular flexibility index (Phi) is 8.57. The molecular formula is C24H23Cl3N2O4. The quantitative estimate of drug-likeness (QED) is 0.391. The number of aromatic nitrogens is 1. The molecule has 0 unspecified atom stereocenters. The highest BCUT2D eigenvalue weighted by Gasteiger charge is 2.20. The summed E-state index contributed by atoms with van der Waals surface area (Å²) in [5, 5.41) is 23.8. The molecule has 2 aromatic carbocycles. The Morgan fingerprint density at radius 2 is 2.00 bits per heavy atom. The molecule has 0 saturated heterocycles. The van der Waals surface area contributed by atoms with Gasteiger partial charge in [-0.3, -0.25) is 0 Å². The molecule has 1 heterocycles. The highest BCUT2D eigenvalue weighted by atomic mass is 35.5. The van der Waals surface area contributed by atoms with E-state index in [1.807, 2.05) is 30.3 Å². The summed E-state index contributed by atoms with van der Waals surface area (Å²) in [5.74, 6) is -0.391. The molecule has 0 spiro atoms. The zero-order chi connectivity index (χ0) is 22.7. The molecule has 3 aromatic rings. The summed E-state index contributed by atoms with van der Waals surface area (Å²) in [6.45, 7) is 0.434. The maximum Gasteiger partial charge on any atom is 0.337 e. The van der Waals surface area contributed by atoms with E-state index in [-0.39, 0.29) is 34.9 Å². The zero-order valence-corrected chi connectivity index (χ0v) is 19.8. The largest absolute Gasteiger partial charge is 0.478 e. The lowest BCUT2D eigenvalue weighted by molar-refractivity contribution is 0.0696. The highest BCUT2D eigenvalue weighted by molar-refractivity contribution is 6.33. The number of aromatic carboxylic acids is 1. The van der Waals surface area contributed by atoms with Gasteiger partial charge in [0.15, 0.2) is 0 Å². The van der Waals surface area contributed by atoms with E-state index in [0.29, 0.717) is 17.3 Å². The van der Waals surface area contributed by atoms with Crippen molar-refractivity contribution >= 4 is 41.6 Å². The van der Waals surface area contributed by atoms with Crippen molar-refractivity contribution in [1.29, 1.82) is 0 Å². The normalized spacial score (nSPS) is 15.8. The number of hydrogen-bond donors (Lipinski definition) is 3. The van der Waals surface area contributed by atoms with E-state index in [2.05, 4.69) is 10.3 Å². The number of aryl methyl sites for hydroxylation is 1. The van der Waals surface area contributed by atoms with Crippen LogP contribution in [0.1, 0.15) is 39.6 Å². The molecule has 174 valence electrons. The molecule has 3 N–H and O–H groups in total. The third-order valence-corrected chi connectivity index (χ3v) is 6.06. The van der Waals surface area contributed by atoms with Crippen molar-refractivity contribution in [1.82, 2.24) is 10.3 Å². The first-order valence-electron chi connectivity index (χ1n) is 10.2. The fraction of sp³-hybridized carbons (Fsp3) is 0.250. The summed E-state index contributed by atoms with van der Waals surface area (Å²) in [6.07, 6.45) is 3.32. The Labute approximate surface area is 207 Å². The Balaban J connectivity index is 0.00000306. The second-order valence-electron chi connectivity index (χ2n) is 7.76. The molecular weight excluding hydrogens is 487 g/mol. The Bertz CT molecular complexity index is 1140. The molecule has 33 heavy (non-hydrogen) atoms. The van der Waals surface area contributed by atoms with Crippen LogP contribution in [0.15, 0.2) is 54.7 Å². The number of nitrogens with one attached hydrogen (secondary N) is 1. The van der Waals surface area contributed by atoms with Crippen molar-refractivity contribution in [3.8, 4) is 11.6 Å². The fourth-order valence-corrected chi connectivity index (χ4v) is 4.22. The molecule has 9 heteroatoms. The number of pyridine rings is 1. The van der Waals surface area contributed by atoms with Gasteiger partial charge in [0.1, 0.15) is 5.75 Å². The van der Waals surface area contributed by atoms with Crippen LogP contribution in [0.2, 0.25) is 10.0 Å². The number of nitrogens with zero attached hydrogens (tertiary/aromatic N) is 1. The molecule has 4 rings (SSSR count). The van der Waals surface area contributed by atoms with E-state index in [1.54, 1.807) is 12.1 Å². The maximum atomic E-state index is 11.3. The maximum absolute atomic E-state index is 11.3. The first-order valence-corrected chi connectivity index (χ1v) is 11.0. The van der Waals surface area contributed by atoms with Crippen LogP contribution < -0.4 is 10.1 Å². The number of aliphatic hydroxyl groups excluding tert-OH is 1. The predicted octanol–water partition coefficient (Wildman–Crippen LogP) is 5.48. The summed E-state index contributed by atoms with van der Waals surface area (Å²) >= 11 is 11.9. The number of aliphatic hydroxyl groups is 1. The average molecular weight is 510 g/mol. The van der Waals surface area contributed by atoms with Crippen LogP contribution in [0.3, 0.4) is 0 Å². The van der Waals surface area contributed by atoms with E-state index in [1.165, 1.54) is 17.8 Å². The minimum Gasteiger partial charge on any atom is -0.478 e. The van der Waals surface area contributed by atoms with Crippen molar-refractivity contribution < 1.29 is 19.7 Å². The fourth-order valence-electron chi connectivity index (χ4n) is 3.84. The van der Waals surface area contributed by atoms with Gasteiger partial charge in [-0.25, -0.2) is 9.78 Å². The third-order valence-electron chi connectivity index (χ3n) is 5.52. The zero-order valence-electron chi connectivity index (χ0n) is 17.5. The molecule has 0 saturated carbocycles. The van der Waals surface area contributed by atoms with Gasteiger partial charge in [-0.15, -0.1) is 12.4 Å². The lowest BCUT2D eigenvalue weighted by atomic mass is 9.88. The summed E-state index contributed by atoms with van der Waals surface area (Å²) in [7, 11) is 0. The van der Waals surface area contributed by atoms with Gasteiger partial charge < -0.3 is 20.3 Å². The molecule has 0 radical (unpaired) electrons. The molecule has 1 aromatic heterocycles. The highest BCUT2D eigenvalue weighted by Crippen LogP contribution is 2.29. The summed E-state index contributed by atoms with van der Waals surface area (Å²) in [6, 6.07) is 14.6. The first kappa shape index (κ1) is 25.3. The summed E-state index contributed by atoms with van der Waals surface area (Å²) < 4.78 is 5.79. The number of halogens is 3. The van der Waals surface area contributed by atoms with Crippen molar-refractivity contribution in [3.63, 3.8) is 0 Å². The molecule has 0 aliphatic heterocycles. The SMILES string of the molecule is Cl.O=C(O)c1cc(Oc2ccc3c(c2)C[C@@H](NC[C@H](O)c2cccc(Cl)c2)CC3)ncc1Cl. The second kappa shape index (κ2) is 11.2. The number of hydrogen-bond acceptors (Lipinski definition) is 5. The number of benzene rings is 2. The van der Waals surface area contributed by atoms with Crippen LogP contribution >= 0.6 is 35.6 Å². The molecule has 0 fully saturated rings. The number of carboxylic acid groups (broad SMARTS) is 1. The second-order valence-corrected chi connectivity index (χ2v) is 8.60. The predicted molar refractivity (Wildman–Crippen MR) is 130 cm³/mol. The van der Waals surface area contributed by atoms with Crippen LogP contribution in [0, 0.1) is 0 Å². The Morgan fingerprint density at radius 1 is 1.18 bits per heavy atom. The van der Waals surface area contributed by atoms with Crippen LogP contribution in [-0.2, 0) is 12.8 Å². The van der Waals surface area contributed by atoms with Crippen LogP contribution in [0.5, 0.6) is 11.6 Å². The van der Waals surface area contributed by atoms with E-state index in [4.69, 9.17) is 27.9 Å². The van der Waals surface area contributed by atoms with Gasteiger partial charge in [-0.1, -0.05) is 41.4 Å². The van der Waals surface area contributed by atoms with Gasteiger partial charge in [0.2, 0.25) is 5.88 Å². The van der Waals surface area contributed by atoms with Crippen LogP contribution in [0.25, 0.3) is 0 Å². The van der Waals surface area contributed by atoms with E-state index < -0.39 is 12.1 Å². The molecule has 6 nitrogen and oxygen atoms in total. The van der Waals surface area contributed by atoms with Gasteiger partial charge in [-0.2, -0.15) is 0 Å². The average Bonchev–Trinajstić information content (AvgIpc) is 2.78. The lowest BCUT2D eigenvalue weighted by Gasteiger charge is -2.27. The standard InChI is InChI=1S/C24H22Cl2N2O4.ClH/c25-17-3-1-2-15(8-17)22(29)13-27-18-6-4-14-5-7-19(10-16(14)9-18)32-23-11-20(24(30)31)21(26)12-28-23;/h1-3,5,7-8,10-12,18,22,27,29H,4,6,9,13H2,(H,30,31);1H/t18-,22-;/m0./s1. The number of rotatable bonds is 7. The molecule has 0 amide bonds. The van der Waals surface area contributed by atoms with E-state index >= 15 is 0 Å². The number of ether oxygens (including phenoxy) is 1. The van der Waals surface area contributed by atoms with Gasteiger partial charge in [0.25, 0.3) is 0 Å². The monoisotopic (exact) mass is 508 g/mol. The minimum absolute atomic E-state index is 0. The van der Waals surface area contributed by atoms with Crippen molar-refractivity contribution in [2.24, 2.45) is 0 Å². The third kappa shape index (κ3) is 6.37. The molecule has 1 aliphatic carbocycles.